The first-order chi connectivity index (χ1) is 10.7. The number of hydrogen-bond acceptors (Lipinski definition) is 4. The Morgan fingerprint density at radius 1 is 1.27 bits per heavy atom. The number of pyridine rings is 1. The average molecular weight is 298 g/mol. The molecule has 2 rings (SSSR count). The number of ether oxygens (including phenoxy) is 1. The van der Waals surface area contributed by atoms with Crippen molar-refractivity contribution in [3.05, 3.63) is 48.2 Å². The molecule has 114 valence electrons. The molecule has 1 N–H and O–H groups in total. The van der Waals surface area contributed by atoms with Gasteiger partial charge in [0.05, 0.1) is 5.52 Å². The molecule has 0 aliphatic carbocycles. The van der Waals surface area contributed by atoms with E-state index in [1.54, 1.807) is 12.3 Å². The number of hydrogen-bond donors (Lipinski definition) is 1. The van der Waals surface area contributed by atoms with Crippen molar-refractivity contribution in [3.63, 3.8) is 0 Å². The predicted molar refractivity (Wildman–Crippen MR) is 85.0 cm³/mol. The van der Waals surface area contributed by atoms with Crippen molar-refractivity contribution < 1.29 is 14.3 Å². The zero-order valence-corrected chi connectivity index (χ0v) is 12.4. The van der Waals surface area contributed by atoms with E-state index in [1.807, 2.05) is 37.3 Å². The fourth-order valence-electron chi connectivity index (χ4n) is 1.92. The quantitative estimate of drug-likeness (QED) is 0.656. The number of rotatable bonds is 6. The molecule has 0 unspecified atom stereocenters. The van der Waals surface area contributed by atoms with Gasteiger partial charge in [0.25, 0.3) is 5.91 Å². The molecule has 1 heterocycles. The number of nitrogens with one attached hydrogen (secondary N) is 1. The fourth-order valence-corrected chi connectivity index (χ4v) is 1.92. The largest absolute Gasteiger partial charge is 0.452 e. The minimum Gasteiger partial charge on any atom is -0.452 e. The van der Waals surface area contributed by atoms with Gasteiger partial charge in [0.1, 0.15) is 0 Å². The van der Waals surface area contributed by atoms with Crippen molar-refractivity contribution in [1.29, 1.82) is 0 Å². The lowest BCUT2D eigenvalue weighted by Gasteiger charge is -2.03. The van der Waals surface area contributed by atoms with Gasteiger partial charge in [-0.1, -0.05) is 31.2 Å². The van der Waals surface area contributed by atoms with Crippen molar-refractivity contribution in [2.45, 2.75) is 13.3 Å². The number of carbonyl (C=O) groups is 2. The van der Waals surface area contributed by atoms with E-state index in [0.29, 0.717) is 6.54 Å². The Morgan fingerprint density at radius 2 is 2.09 bits per heavy atom. The van der Waals surface area contributed by atoms with Gasteiger partial charge in [-0.3, -0.25) is 9.78 Å². The maximum atomic E-state index is 11.6. The van der Waals surface area contributed by atoms with Gasteiger partial charge in [-0.15, -0.1) is 0 Å². The number of carbonyl (C=O) groups excluding carboxylic acids is 2. The molecule has 0 spiro atoms. The minimum atomic E-state index is -0.556. The van der Waals surface area contributed by atoms with Crippen molar-refractivity contribution >= 4 is 28.9 Å². The number of benzene rings is 1. The third kappa shape index (κ3) is 4.41. The lowest BCUT2D eigenvalue weighted by molar-refractivity contribution is -0.143. The summed E-state index contributed by atoms with van der Waals surface area (Å²) in [4.78, 5) is 27.3. The van der Waals surface area contributed by atoms with E-state index in [9.17, 15) is 9.59 Å². The van der Waals surface area contributed by atoms with Crippen molar-refractivity contribution in [2.24, 2.45) is 0 Å². The molecule has 0 fully saturated rings. The van der Waals surface area contributed by atoms with Crippen LogP contribution >= 0.6 is 0 Å². The summed E-state index contributed by atoms with van der Waals surface area (Å²) >= 11 is 0. The van der Waals surface area contributed by atoms with Crippen LogP contribution in [0.15, 0.2) is 42.6 Å². The maximum Gasteiger partial charge on any atom is 0.331 e. The lowest BCUT2D eigenvalue weighted by Crippen LogP contribution is -2.28. The smallest absolute Gasteiger partial charge is 0.331 e. The normalized spacial score (nSPS) is 10.8. The number of esters is 1. The molecular weight excluding hydrogens is 280 g/mol. The van der Waals surface area contributed by atoms with Crippen LogP contribution in [-0.2, 0) is 14.3 Å². The van der Waals surface area contributed by atoms with Crippen molar-refractivity contribution in [2.75, 3.05) is 13.2 Å². The van der Waals surface area contributed by atoms with E-state index in [1.165, 1.54) is 6.08 Å². The van der Waals surface area contributed by atoms with Gasteiger partial charge in [0.15, 0.2) is 6.61 Å². The highest BCUT2D eigenvalue weighted by Crippen LogP contribution is 2.17. The molecule has 0 radical (unpaired) electrons. The van der Waals surface area contributed by atoms with Crippen LogP contribution in [0.3, 0.4) is 0 Å². The van der Waals surface area contributed by atoms with Gasteiger partial charge < -0.3 is 10.1 Å². The molecule has 1 amide bonds. The van der Waals surface area contributed by atoms with E-state index in [-0.39, 0.29) is 12.5 Å². The molecule has 2 aromatic rings. The monoisotopic (exact) mass is 298 g/mol. The van der Waals surface area contributed by atoms with E-state index in [4.69, 9.17) is 4.74 Å². The molecule has 1 aromatic carbocycles. The molecule has 0 aliphatic rings. The number of para-hydroxylation sites is 1. The van der Waals surface area contributed by atoms with Crippen LogP contribution in [0.2, 0.25) is 0 Å². The van der Waals surface area contributed by atoms with Gasteiger partial charge in [-0.25, -0.2) is 4.79 Å². The standard InChI is InChI=1S/C17H18N2O3/c1-2-10-18-15(20)12-22-16(21)9-8-14-6-3-5-13-7-4-11-19-17(13)14/h3-9,11H,2,10,12H2,1H3,(H,18,20). The Bertz CT molecular complexity index is 690. The Kier molecular flexibility index (Phi) is 5.65. The third-order valence-corrected chi connectivity index (χ3v) is 2.98. The SMILES string of the molecule is CCCNC(=O)COC(=O)C=Cc1cccc2cccnc12. The second-order valence-corrected chi connectivity index (χ2v) is 4.71. The molecule has 0 bridgehead atoms. The van der Waals surface area contributed by atoms with Crippen LogP contribution in [-0.4, -0.2) is 30.0 Å². The van der Waals surface area contributed by atoms with Gasteiger partial charge in [-0.05, 0) is 18.6 Å². The van der Waals surface area contributed by atoms with Crippen LogP contribution in [0, 0.1) is 0 Å². The summed E-state index contributed by atoms with van der Waals surface area (Å²) < 4.78 is 4.88. The molecule has 0 saturated heterocycles. The van der Waals surface area contributed by atoms with Crippen LogP contribution in [0.4, 0.5) is 0 Å². The van der Waals surface area contributed by atoms with Crippen molar-refractivity contribution in [3.8, 4) is 0 Å². The first kappa shape index (κ1) is 15.7. The minimum absolute atomic E-state index is 0.267. The average Bonchev–Trinajstić information content (AvgIpc) is 2.56. The second kappa shape index (κ2) is 7.93. The molecule has 5 nitrogen and oxygen atoms in total. The Hall–Kier alpha value is -2.69. The number of nitrogens with zero attached hydrogens (tertiary/aromatic N) is 1. The Balaban J connectivity index is 1.96. The highest BCUT2D eigenvalue weighted by atomic mass is 16.5. The molecule has 5 heteroatoms. The zero-order chi connectivity index (χ0) is 15.8. The number of fused-ring (bicyclic) bond motifs is 1. The van der Waals surface area contributed by atoms with Gasteiger partial charge in [0, 0.05) is 29.8 Å². The van der Waals surface area contributed by atoms with Gasteiger partial charge in [0.2, 0.25) is 0 Å². The van der Waals surface area contributed by atoms with E-state index < -0.39 is 5.97 Å². The van der Waals surface area contributed by atoms with Crippen molar-refractivity contribution in [1.82, 2.24) is 10.3 Å². The summed E-state index contributed by atoms with van der Waals surface area (Å²) in [6, 6.07) is 9.53. The van der Waals surface area contributed by atoms with E-state index in [0.717, 1.165) is 22.9 Å². The number of aromatic nitrogens is 1. The maximum absolute atomic E-state index is 11.6. The molecule has 22 heavy (non-hydrogen) atoms. The second-order valence-electron chi connectivity index (χ2n) is 4.71. The van der Waals surface area contributed by atoms with Crippen LogP contribution in [0.25, 0.3) is 17.0 Å². The summed E-state index contributed by atoms with van der Waals surface area (Å²) in [6.07, 6.45) is 5.49. The van der Waals surface area contributed by atoms with Crippen LogP contribution in [0.1, 0.15) is 18.9 Å². The first-order valence-corrected chi connectivity index (χ1v) is 7.16. The Morgan fingerprint density at radius 3 is 2.91 bits per heavy atom. The topological polar surface area (TPSA) is 68.3 Å². The highest BCUT2D eigenvalue weighted by Gasteiger charge is 2.04. The van der Waals surface area contributed by atoms with E-state index >= 15 is 0 Å². The molecule has 0 atom stereocenters. The van der Waals surface area contributed by atoms with Crippen LogP contribution < -0.4 is 5.32 Å². The molecule has 1 aromatic heterocycles. The summed E-state index contributed by atoms with van der Waals surface area (Å²) in [5, 5.41) is 3.63. The molecule has 0 saturated carbocycles. The van der Waals surface area contributed by atoms with E-state index in [2.05, 4.69) is 10.3 Å². The first-order valence-electron chi connectivity index (χ1n) is 7.16. The summed E-state index contributed by atoms with van der Waals surface area (Å²) in [5.41, 5.74) is 1.64. The van der Waals surface area contributed by atoms with Gasteiger partial charge in [-0.2, -0.15) is 0 Å². The lowest BCUT2D eigenvalue weighted by atomic mass is 10.1. The number of amides is 1. The summed E-state index contributed by atoms with van der Waals surface area (Å²) in [7, 11) is 0. The fraction of sp³-hybridized carbons (Fsp3) is 0.235. The zero-order valence-electron chi connectivity index (χ0n) is 12.4. The third-order valence-electron chi connectivity index (χ3n) is 2.98. The van der Waals surface area contributed by atoms with Gasteiger partial charge >= 0.3 is 5.97 Å². The molecular formula is C17H18N2O3. The summed E-state index contributed by atoms with van der Waals surface area (Å²) in [6.45, 7) is 2.26. The highest BCUT2D eigenvalue weighted by molar-refractivity contribution is 5.93. The Labute approximate surface area is 129 Å². The summed E-state index contributed by atoms with van der Waals surface area (Å²) in [5.74, 6) is -0.852. The predicted octanol–water partition coefficient (Wildman–Crippen LogP) is 2.32. The molecule has 0 aliphatic heterocycles. The van der Waals surface area contributed by atoms with Crippen LogP contribution in [0.5, 0.6) is 0 Å².